The van der Waals surface area contributed by atoms with E-state index in [1.807, 2.05) is 43.3 Å². The van der Waals surface area contributed by atoms with Gasteiger partial charge in [0.15, 0.2) is 11.5 Å². The second kappa shape index (κ2) is 11.1. The van der Waals surface area contributed by atoms with Crippen molar-refractivity contribution in [3.05, 3.63) is 57.5 Å². The Morgan fingerprint density at radius 1 is 0.923 bits per heavy atom. The number of allylic oxidation sites excluding steroid dienone is 1. The Balaban J connectivity index is 1.67. The predicted molar refractivity (Wildman–Crippen MR) is 109 cm³/mol. The summed E-state index contributed by atoms with van der Waals surface area (Å²) in [5, 5.41) is 0.659. The van der Waals surface area contributed by atoms with E-state index < -0.39 is 0 Å². The van der Waals surface area contributed by atoms with Gasteiger partial charge in [0, 0.05) is 5.02 Å². The molecule has 0 spiro atoms. The number of halogens is 2. The summed E-state index contributed by atoms with van der Waals surface area (Å²) >= 11 is 9.30. The quantitative estimate of drug-likeness (QED) is 0.449. The van der Waals surface area contributed by atoms with Gasteiger partial charge < -0.3 is 18.9 Å². The molecule has 0 bridgehead atoms. The molecule has 0 N–H and O–H groups in total. The summed E-state index contributed by atoms with van der Waals surface area (Å²) in [6.45, 7) is 3.79. The van der Waals surface area contributed by atoms with Gasteiger partial charge in [-0.25, -0.2) is 0 Å². The highest BCUT2D eigenvalue weighted by molar-refractivity contribution is 9.10. The first-order valence-electron chi connectivity index (χ1n) is 8.23. The summed E-state index contributed by atoms with van der Waals surface area (Å²) < 4.78 is 23.1. The molecule has 0 saturated heterocycles. The molecule has 0 aliphatic carbocycles. The largest absolute Gasteiger partial charge is 0.493 e. The minimum Gasteiger partial charge on any atom is -0.493 e. The van der Waals surface area contributed by atoms with Crippen LogP contribution in [-0.4, -0.2) is 33.5 Å². The fourth-order valence-corrected chi connectivity index (χ4v) is 3.01. The van der Waals surface area contributed by atoms with Crippen molar-refractivity contribution < 1.29 is 18.9 Å². The van der Waals surface area contributed by atoms with Crippen molar-refractivity contribution in [1.29, 1.82) is 0 Å². The van der Waals surface area contributed by atoms with E-state index in [0.29, 0.717) is 42.9 Å². The molecule has 2 aromatic carbocycles. The van der Waals surface area contributed by atoms with Crippen LogP contribution in [0.15, 0.2) is 46.9 Å². The summed E-state index contributed by atoms with van der Waals surface area (Å²) in [7, 11) is 1.63. The van der Waals surface area contributed by atoms with Gasteiger partial charge in [0.1, 0.15) is 19.0 Å². The summed E-state index contributed by atoms with van der Waals surface area (Å²) in [5.41, 5.74) is 1.07. The zero-order valence-electron chi connectivity index (χ0n) is 14.8. The molecule has 2 rings (SSSR count). The standard InChI is InChI=1S/C20H22BrClO4/c1-3-4-15-5-7-19(20(13-15)23-2)26-12-10-24-9-11-25-18-8-6-16(22)14-17(18)21/h3-8,13-14H,9-12H2,1-2H3. The van der Waals surface area contributed by atoms with E-state index in [0.717, 1.165) is 15.8 Å². The van der Waals surface area contributed by atoms with Crippen LogP contribution in [0.2, 0.25) is 5.02 Å². The van der Waals surface area contributed by atoms with Crippen LogP contribution in [0, 0.1) is 0 Å². The van der Waals surface area contributed by atoms with Crippen molar-refractivity contribution >= 4 is 33.6 Å². The minimum absolute atomic E-state index is 0.434. The topological polar surface area (TPSA) is 36.9 Å². The second-order valence-corrected chi connectivity index (χ2v) is 6.59. The fraction of sp³-hybridized carbons (Fsp3) is 0.300. The number of ether oxygens (including phenoxy) is 4. The third-order valence-corrected chi connectivity index (χ3v) is 4.27. The van der Waals surface area contributed by atoms with Crippen LogP contribution in [0.4, 0.5) is 0 Å². The molecule has 0 saturated carbocycles. The van der Waals surface area contributed by atoms with Crippen LogP contribution in [-0.2, 0) is 4.74 Å². The molecular formula is C20H22BrClO4. The molecule has 2 aromatic rings. The number of hydrogen-bond donors (Lipinski definition) is 0. The van der Waals surface area contributed by atoms with Crippen molar-refractivity contribution in [2.75, 3.05) is 33.5 Å². The number of benzene rings is 2. The summed E-state index contributed by atoms with van der Waals surface area (Å²) in [6, 6.07) is 11.2. The monoisotopic (exact) mass is 440 g/mol. The molecule has 0 amide bonds. The lowest BCUT2D eigenvalue weighted by molar-refractivity contribution is 0.0755. The Labute approximate surface area is 167 Å². The van der Waals surface area contributed by atoms with Gasteiger partial charge in [-0.15, -0.1) is 0 Å². The number of hydrogen-bond acceptors (Lipinski definition) is 4. The summed E-state index contributed by atoms with van der Waals surface area (Å²) in [6.07, 6.45) is 3.99. The smallest absolute Gasteiger partial charge is 0.161 e. The van der Waals surface area contributed by atoms with Gasteiger partial charge in [0.05, 0.1) is 24.8 Å². The van der Waals surface area contributed by atoms with Crippen LogP contribution in [0.3, 0.4) is 0 Å². The third kappa shape index (κ3) is 6.56. The SMILES string of the molecule is CC=Cc1ccc(OCCOCCOc2ccc(Cl)cc2Br)c(OC)c1. The molecule has 4 nitrogen and oxygen atoms in total. The van der Waals surface area contributed by atoms with E-state index in [4.69, 9.17) is 30.5 Å². The highest BCUT2D eigenvalue weighted by Crippen LogP contribution is 2.29. The van der Waals surface area contributed by atoms with Crippen LogP contribution in [0.1, 0.15) is 12.5 Å². The van der Waals surface area contributed by atoms with E-state index in [2.05, 4.69) is 15.9 Å². The Morgan fingerprint density at radius 3 is 2.27 bits per heavy atom. The zero-order valence-corrected chi connectivity index (χ0v) is 17.2. The third-order valence-electron chi connectivity index (χ3n) is 3.41. The first-order chi connectivity index (χ1) is 12.6. The Hall–Kier alpha value is -1.69. The maximum Gasteiger partial charge on any atom is 0.161 e. The van der Waals surface area contributed by atoms with E-state index >= 15 is 0 Å². The van der Waals surface area contributed by atoms with Gasteiger partial charge in [0.2, 0.25) is 0 Å². The van der Waals surface area contributed by atoms with Crippen molar-refractivity contribution in [3.8, 4) is 17.2 Å². The van der Waals surface area contributed by atoms with Crippen molar-refractivity contribution in [2.24, 2.45) is 0 Å². The van der Waals surface area contributed by atoms with Gasteiger partial charge in [-0.1, -0.05) is 29.8 Å². The van der Waals surface area contributed by atoms with Gasteiger partial charge in [-0.05, 0) is 58.7 Å². The molecule has 0 fully saturated rings. The first kappa shape index (κ1) is 20.6. The molecule has 140 valence electrons. The van der Waals surface area contributed by atoms with E-state index in [1.54, 1.807) is 19.2 Å². The summed E-state index contributed by atoms with van der Waals surface area (Å²) in [5.74, 6) is 2.14. The maximum absolute atomic E-state index is 5.90. The highest BCUT2D eigenvalue weighted by Gasteiger charge is 2.05. The van der Waals surface area contributed by atoms with Crippen LogP contribution >= 0.6 is 27.5 Å². The lowest BCUT2D eigenvalue weighted by Crippen LogP contribution is -2.12. The van der Waals surface area contributed by atoms with Crippen molar-refractivity contribution in [1.82, 2.24) is 0 Å². The maximum atomic E-state index is 5.90. The Morgan fingerprint density at radius 2 is 1.62 bits per heavy atom. The van der Waals surface area contributed by atoms with Crippen LogP contribution < -0.4 is 14.2 Å². The molecule has 0 aromatic heterocycles. The zero-order chi connectivity index (χ0) is 18.8. The van der Waals surface area contributed by atoms with Crippen molar-refractivity contribution in [2.45, 2.75) is 6.92 Å². The van der Waals surface area contributed by atoms with E-state index in [1.165, 1.54) is 0 Å². The lowest BCUT2D eigenvalue weighted by atomic mass is 10.2. The number of methoxy groups -OCH3 is 1. The molecule has 0 unspecified atom stereocenters. The molecule has 26 heavy (non-hydrogen) atoms. The molecule has 0 radical (unpaired) electrons. The average molecular weight is 442 g/mol. The normalized spacial score (nSPS) is 10.9. The molecular weight excluding hydrogens is 420 g/mol. The number of rotatable bonds is 10. The van der Waals surface area contributed by atoms with Gasteiger partial charge >= 0.3 is 0 Å². The Kier molecular flexibility index (Phi) is 8.81. The first-order valence-corrected chi connectivity index (χ1v) is 9.40. The molecule has 0 atom stereocenters. The van der Waals surface area contributed by atoms with Crippen molar-refractivity contribution in [3.63, 3.8) is 0 Å². The van der Waals surface area contributed by atoms with Gasteiger partial charge in [-0.2, -0.15) is 0 Å². The van der Waals surface area contributed by atoms with E-state index in [9.17, 15) is 0 Å². The van der Waals surface area contributed by atoms with Crippen LogP contribution in [0.25, 0.3) is 6.08 Å². The molecule has 0 aliphatic rings. The van der Waals surface area contributed by atoms with Gasteiger partial charge in [-0.3, -0.25) is 0 Å². The Bertz CT molecular complexity index is 734. The molecule has 0 aliphatic heterocycles. The predicted octanol–water partition coefficient (Wildman–Crippen LogP) is 5.62. The molecule has 0 heterocycles. The summed E-state index contributed by atoms with van der Waals surface area (Å²) in [4.78, 5) is 0. The molecule has 6 heteroatoms. The highest BCUT2D eigenvalue weighted by atomic mass is 79.9. The fourth-order valence-electron chi connectivity index (χ4n) is 2.21. The lowest BCUT2D eigenvalue weighted by Gasteiger charge is -2.12. The van der Waals surface area contributed by atoms with Gasteiger partial charge in [0.25, 0.3) is 0 Å². The second-order valence-electron chi connectivity index (χ2n) is 5.29. The van der Waals surface area contributed by atoms with Crippen LogP contribution in [0.5, 0.6) is 17.2 Å². The van der Waals surface area contributed by atoms with E-state index in [-0.39, 0.29) is 0 Å². The minimum atomic E-state index is 0.434. The average Bonchev–Trinajstić information content (AvgIpc) is 2.63.